The zero-order chi connectivity index (χ0) is 12.8. The van der Waals surface area contributed by atoms with Crippen molar-refractivity contribution in [1.29, 1.82) is 0 Å². The van der Waals surface area contributed by atoms with Crippen LogP contribution in [0.2, 0.25) is 5.02 Å². The van der Waals surface area contributed by atoms with Crippen molar-refractivity contribution in [3.63, 3.8) is 0 Å². The number of hydrogen-bond donors (Lipinski definition) is 1. The Hall–Kier alpha value is -0.540. The summed E-state index contributed by atoms with van der Waals surface area (Å²) in [4.78, 5) is 0. The van der Waals surface area contributed by atoms with Gasteiger partial charge in [-0.25, -0.2) is 0 Å². The normalized spacial score (nSPS) is 13.0. The minimum atomic E-state index is 0.581. The summed E-state index contributed by atoms with van der Waals surface area (Å²) in [6.07, 6.45) is 4.24. The van der Waals surface area contributed by atoms with Crippen LogP contribution in [0.15, 0.2) is 0 Å². The van der Waals surface area contributed by atoms with Crippen molar-refractivity contribution < 1.29 is 0 Å². The van der Waals surface area contributed by atoms with E-state index < -0.39 is 0 Å². The topological polar surface area (TPSA) is 29.9 Å². The highest BCUT2D eigenvalue weighted by Crippen LogP contribution is 2.22. The van der Waals surface area contributed by atoms with Crippen LogP contribution in [0, 0.1) is 0 Å². The number of nitrogens with zero attached hydrogens (tertiary/aromatic N) is 2. The smallest absolute Gasteiger partial charge is 0.0849 e. The monoisotopic (exact) mass is 257 g/mol. The van der Waals surface area contributed by atoms with Crippen molar-refractivity contribution in [2.24, 2.45) is 7.05 Å². The standard InChI is InChI=1S/C13H24ClN3/c1-5-11-13(14)12(17(4)16-11)9-7-8-10(3)15-6-2/h10,15H,5-9H2,1-4H3. The number of nitrogens with one attached hydrogen (secondary N) is 1. The van der Waals surface area contributed by atoms with Crippen molar-refractivity contribution in [2.75, 3.05) is 6.54 Å². The summed E-state index contributed by atoms with van der Waals surface area (Å²) in [5, 5.41) is 8.72. The zero-order valence-corrected chi connectivity index (χ0v) is 12.1. The van der Waals surface area contributed by atoms with Crippen molar-refractivity contribution in [1.82, 2.24) is 15.1 Å². The highest BCUT2D eigenvalue weighted by molar-refractivity contribution is 6.31. The Bertz CT molecular complexity index is 347. The maximum Gasteiger partial charge on any atom is 0.0849 e. The number of hydrogen-bond acceptors (Lipinski definition) is 2. The molecule has 0 saturated heterocycles. The van der Waals surface area contributed by atoms with E-state index in [2.05, 4.69) is 31.2 Å². The fraction of sp³-hybridized carbons (Fsp3) is 0.769. The van der Waals surface area contributed by atoms with Crippen LogP contribution in [0.5, 0.6) is 0 Å². The SMILES string of the molecule is CCNC(C)CCCc1c(Cl)c(CC)nn1C. The lowest BCUT2D eigenvalue weighted by Crippen LogP contribution is -2.25. The van der Waals surface area contributed by atoms with Crippen LogP contribution in [0.1, 0.15) is 45.0 Å². The van der Waals surface area contributed by atoms with E-state index in [4.69, 9.17) is 11.6 Å². The van der Waals surface area contributed by atoms with Crippen molar-refractivity contribution in [2.45, 2.75) is 52.5 Å². The molecule has 0 radical (unpaired) electrons. The van der Waals surface area contributed by atoms with Gasteiger partial charge in [-0.2, -0.15) is 5.10 Å². The molecule has 1 atom stereocenters. The van der Waals surface area contributed by atoms with Crippen LogP contribution in [-0.4, -0.2) is 22.4 Å². The third-order valence-corrected chi connectivity index (χ3v) is 3.54. The minimum Gasteiger partial charge on any atom is -0.315 e. The molecule has 0 aliphatic rings. The molecule has 0 saturated carbocycles. The lowest BCUT2D eigenvalue weighted by molar-refractivity contribution is 0.507. The third kappa shape index (κ3) is 4.00. The molecule has 0 aliphatic heterocycles. The summed E-state index contributed by atoms with van der Waals surface area (Å²) >= 11 is 6.31. The van der Waals surface area contributed by atoms with E-state index in [1.165, 1.54) is 12.1 Å². The van der Waals surface area contributed by atoms with E-state index in [-0.39, 0.29) is 0 Å². The quantitative estimate of drug-likeness (QED) is 0.814. The number of halogens is 1. The molecule has 0 spiro atoms. The van der Waals surface area contributed by atoms with Crippen LogP contribution in [0.3, 0.4) is 0 Å². The van der Waals surface area contributed by atoms with E-state index in [0.717, 1.165) is 36.5 Å². The second-order valence-electron chi connectivity index (χ2n) is 4.54. The highest BCUT2D eigenvalue weighted by atomic mass is 35.5. The summed E-state index contributed by atoms with van der Waals surface area (Å²) in [7, 11) is 1.98. The summed E-state index contributed by atoms with van der Waals surface area (Å²) in [5.41, 5.74) is 2.19. The highest BCUT2D eigenvalue weighted by Gasteiger charge is 2.12. The first-order valence-electron chi connectivity index (χ1n) is 6.53. The Morgan fingerprint density at radius 1 is 1.41 bits per heavy atom. The molecule has 4 heteroatoms. The summed E-state index contributed by atoms with van der Waals surface area (Å²) < 4.78 is 1.93. The average Bonchev–Trinajstić information content (AvgIpc) is 2.56. The van der Waals surface area contributed by atoms with Crippen molar-refractivity contribution >= 4 is 11.6 Å². The van der Waals surface area contributed by atoms with Gasteiger partial charge >= 0.3 is 0 Å². The minimum absolute atomic E-state index is 0.581. The van der Waals surface area contributed by atoms with E-state index in [9.17, 15) is 0 Å². The second kappa shape index (κ2) is 7.02. The Morgan fingerprint density at radius 2 is 2.12 bits per heavy atom. The molecule has 0 fully saturated rings. The molecule has 98 valence electrons. The van der Waals surface area contributed by atoms with Gasteiger partial charge in [0.05, 0.1) is 16.4 Å². The molecule has 0 aromatic carbocycles. The maximum atomic E-state index is 6.31. The maximum absolute atomic E-state index is 6.31. The fourth-order valence-corrected chi connectivity index (χ4v) is 2.51. The molecule has 1 rings (SSSR count). The van der Waals surface area contributed by atoms with Crippen LogP contribution in [0.4, 0.5) is 0 Å². The van der Waals surface area contributed by atoms with Crippen LogP contribution >= 0.6 is 11.6 Å². The Morgan fingerprint density at radius 3 is 2.65 bits per heavy atom. The molecule has 1 heterocycles. The van der Waals surface area contributed by atoms with Gasteiger partial charge in [0.1, 0.15) is 0 Å². The largest absolute Gasteiger partial charge is 0.315 e. The second-order valence-corrected chi connectivity index (χ2v) is 4.91. The number of aromatic nitrogens is 2. The van der Waals surface area contributed by atoms with Crippen LogP contribution < -0.4 is 5.32 Å². The first kappa shape index (κ1) is 14.5. The lowest BCUT2D eigenvalue weighted by atomic mass is 10.1. The van der Waals surface area contributed by atoms with E-state index in [0.29, 0.717) is 6.04 Å². The Kier molecular flexibility index (Phi) is 6.00. The van der Waals surface area contributed by atoms with Crippen LogP contribution in [-0.2, 0) is 19.9 Å². The number of rotatable bonds is 7. The molecular weight excluding hydrogens is 234 g/mol. The van der Waals surface area contributed by atoms with Gasteiger partial charge in [-0.1, -0.05) is 25.4 Å². The van der Waals surface area contributed by atoms with Gasteiger partial charge in [0.2, 0.25) is 0 Å². The first-order valence-corrected chi connectivity index (χ1v) is 6.91. The average molecular weight is 258 g/mol. The third-order valence-electron chi connectivity index (χ3n) is 3.11. The molecule has 1 N–H and O–H groups in total. The molecule has 1 unspecified atom stereocenters. The fourth-order valence-electron chi connectivity index (χ4n) is 2.12. The van der Waals surface area contributed by atoms with Gasteiger partial charge in [-0.15, -0.1) is 0 Å². The molecule has 17 heavy (non-hydrogen) atoms. The lowest BCUT2D eigenvalue weighted by Gasteiger charge is -2.11. The van der Waals surface area contributed by atoms with Crippen LogP contribution in [0.25, 0.3) is 0 Å². The van der Waals surface area contributed by atoms with Gasteiger partial charge < -0.3 is 5.32 Å². The summed E-state index contributed by atoms with van der Waals surface area (Å²) in [6, 6.07) is 0.581. The number of aryl methyl sites for hydroxylation is 2. The Balaban J connectivity index is 2.49. The van der Waals surface area contributed by atoms with Gasteiger partial charge in [-0.05, 0) is 39.2 Å². The van der Waals surface area contributed by atoms with E-state index in [1.807, 2.05) is 11.7 Å². The van der Waals surface area contributed by atoms with Gasteiger partial charge in [0.25, 0.3) is 0 Å². The molecule has 3 nitrogen and oxygen atoms in total. The van der Waals surface area contributed by atoms with Crippen molar-refractivity contribution in [3.8, 4) is 0 Å². The van der Waals surface area contributed by atoms with Gasteiger partial charge in [0.15, 0.2) is 0 Å². The molecule has 1 aromatic heterocycles. The summed E-state index contributed by atoms with van der Waals surface area (Å²) in [5.74, 6) is 0. The predicted octanol–water partition coefficient (Wildman–Crippen LogP) is 2.96. The molecule has 0 bridgehead atoms. The summed E-state index contributed by atoms with van der Waals surface area (Å²) in [6.45, 7) is 7.49. The van der Waals surface area contributed by atoms with E-state index >= 15 is 0 Å². The van der Waals surface area contributed by atoms with Crippen molar-refractivity contribution in [3.05, 3.63) is 16.4 Å². The van der Waals surface area contributed by atoms with E-state index in [1.54, 1.807) is 0 Å². The zero-order valence-electron chi connectivity index (χ0n) is 11.4. The first-order chi connectivity index (χ1) is 8.10. The molecular formula is C13H24ClN3. The molecule has 1 aromatic rings. The van der Waals surface area contributed by atoms with Gasteiger partial charge in [-0.3, -0.25) is 4.68 Å². The molecule has 0 aliphatic carbocycles. The predicted molar refractivity (Wildman–Crippen MR) is 73.7 cm³/mol. The Labute approximate surface area is 110 Å². The van der Waals surface area contributed by atoms with Gasteiger partial charge in [0, 0.05) is 13.1 Å². The molecule has 0 amide bonds.